The summed E-state index contributed by atoms with van der Waals surface area (Å²) in [5.74, 6) is 0.768. The lowest BCUT2D eigenvalue weighted by molar-refractivity contribution is 0.00704. The molecule has 1 aromatic rings. The highest BCUT2D eigenvalue weighted by atomic mass is 16.3. The van der Waals surface area contributed by atoms with Crippen LogP contribution in [0.1, 0.15) is 63.4 Å². The second-order valence-electron chi connectivity index (χ2n) is 6.63. The van der Waals surface area contributed by atoms with Gasteiger partial charge in [-0.1, -0.05) is 68.9 Å². The Kier molecular flexibility index (Phi) is 3.93. The maximum atomic E-state index is 10.8. The van der Waals surface area contributed by atoms with Crippen molar-refractivity contribution in [2.24, 2.45) is 5.92 Å². The van der Waals surface area contributed by atoms with Crippen molar-refractivity contribution in [2.75, 3.05) is 0 Å². The first-order valence-corrected chi connectivity index (χ1v) is 8.05. The van der Waals surface area contributed by atoms with E-state index < -0.39 is 0 Å². The van der Waals surface area contributed by atoms with E-state index in [0.717, 1.165) is 12.3 Å². The third-order valence-corrected chi connectivity index (χ3v) is 5.51. The van der Waals surface area contributed by atoms with Crippen molar-refractivity contribution in [3.8, 4) is 0 Å². The van der Waals surface area contributed by atoms with Gasteiger partial charge in [0, 0.05) is 5.41 Å². The fourth-order valence-corrected chi connectivity index (χ4v) is 4.11. The first-order valence-electron chi connectivity index (χ1n) is 8.05. The summed E-state index contributed by atoms with van der Waals surface area (Å²) >= 11 is 0. The molecule has 0 saturated heterocycles. The second kappa shape index (κ2) is 5.66. The van der Waals surface area contributed by atoms with Crippen molar-refractivity contribution >= 4 is 0 Å². The highest BCUT2D eigenvalue weighted by molar-refractivity contribution is 5.29. The average molecular weight is 258 g/mol. The van der Waals surface area contributed by atoms with Gasteiger partial charge in [0.1, 0.15) is 0 Å². The Morgan fingerprint density at radius 3 is 2.26 bits per heavy atom. The van der Waals surface area contributed by atoms with Gasteiger partial charge in [0.25, 0.3) is 0 Å². The fourth-order valence-electron chi connectivity index (χ4n) is 4.11. The van der Waals surface area contributed by atoms with Crippen molar-refractivity contribution in [3.05, 3.63) is 35.9 Å². The van der Waals surface area contributed by atoms with E-state index in [1.165, 1.54) is 56.9 Å². The van der Waals surface area contributed by atoms with Crippen molar-refractivity contribution in [3.63, 3.8) is 0 Å². The summed E-state index contributed by atoms with van der Waals surface area (Å²) in [4.78, 5) is 0. The summed E-state index contributed by atoms with van der Waals surface area (Å²) in [7, 11) is 0. The lowest BCUT2D eigenvalue weighted by atomic mass is 9.59. The Morgan fingerprint density at radius 2 is 1.68 bits per heavy atom. The molecule has 2 fully saturated rings. The number of rotatable bonds is 4. The van der Waals surface area contributed by atoms with E-state index in [1.54, 1.807) is 0 Å². The van der Waals surface area contributed by atoms with Gasteiger partial charge in [0.15, 0.2) is 0 Å². The molecular formula is C18H26O. The molecule has 0 amide bonds. The molecule has 0 heterocycles. The summed E-state index contributed by atoms with van der Waals surface area (Å²) in [5, 5.41) is 10.8. The molecule has 3 rings (SSSR count). The maximum absolute atomic E-state index is 10.8. The van der Waals surface area contributed by atoms with E-state index in [9.17, 15) is 5.11 Å². The lowest BCUT2D eigenvalue weighted by Crippen LogP contribution is -2.46. The minimum atomic E-state index is -0.133. The van der Waals surface area contributed by atoms with Crippen LogP contribution in [0.2, 0.25) is 0 Å². The van der Waals surface area contributed by atoms with E-state index in [-0.39, 0.29) is 11.5 Å². The molecular weight excluding hydrogens is 232 g/mol. The van der Waals surface area contributed by atoms with Gasteiger partial charge in [-0.15, -0.1) is 0 Å². The normalized spacial score (nSPS) is 24.7. The van der Waals surface area contributed by atoms with Gasteiger partial charge in [-0.2, -0.15) is 0 Å². The third-order valence-electron chi connectivity index (χ3n) is 5.51. The van der Waals surface area contributed by atoms with Gasteiger partial charge in [0.2, 0.25) is 0 Å². The number of aliphatic hydroxyl groups is 1. The molecule has 0 bridgehead atoms. The number of hydrogen-bond acceptors (Lipinski definition) is 1. The van der Waals surface area contributed by atoms with Crippen molar-refractivity contribution < 1.29 is 5.11 Å². The van der Waals surface area contributed by atoms with Gasteiger partial charge in [-0.05, 0) is 30.7 Å². The molecule has 0 radical (unpaired) electrons. The maximum Gasteiger partial charge on any atom is 0.0639 e. The summed E-state index contributed by atoms with van der Waals surface area (Å²) in [6, 6.07) is 10.7. The van der Waals surface area contributed by atoms with Gasteiger partial charge in [-0.25, -0.2) is 0 Å². The van der Waals surface area contributed by atoms with E-state index in [2.05, 4.69) is 30.3 Å². The molecule has 1 aromatic carbocycles. The Balaban J connectivity index is 1.71. The minimum absolute atomic E-state index is 0.0821. The Bertz CT molecular complexity index is 387. The van der Waals surface area contributed by atoms with Crippen LogP contribution in [0.25, 0.3) is 0 Å². The van der Waals surface area contributed by atoms with Crippen LogP contribution in [0.5, 0.6) is 0 Å². The van der Waals surface area contributed by atoms with Crippen LogP contribution in [0.15, 0.2) is 30.3 Å². The number of benzene rings is 1. The summed E-state index contributed by atoms with van der Waals surface area (Å²) in [6.45, 7) is 0. The molecule has 1 unspecified atom stereocenters. The second-order valence-corrected chi connectivity index (χ2v) is 6.63. The Hall–Kier alpha value is -0.820. The molecule has 2 saturated carbocycles. The Labute approximate surface area is 117 Å². The zero-order valence-electron chi connectivity index (χ0n) is 11.9. The van der Waals surface area contributed by atoms with Gasteiger partial charge in [0.05, 0.1) is 6.10 Å². The van der Waals surface area contributed by atoms with Crippen LogP contribution in [-0.4, -0.2) is 11.2 Å². The van der Waals surface area contributed by atoms with Gasteiger partial charge < -0.3 is 5.11 Å². The van der Waals surface area contributed by atoms with E-state index >= 15 is 0 Å². The summed E-state index contributed by atoms with van der Waals surface area (Å²) in [6.07, 6.45) is 11.3. The third kappa shape index (κ3) is 2.58. The molecule has 1 heteroatoms. The van der Waals surface area contributed by atoms with Crippen LogP contribution < -0.4 is 0 Å². The fraction of sp³-hybridized carbons (Fsp3) is 0.667. The monoisotopic (exact) mass is 258 g/mol. The van der Waals surface area contributed by atoms with Crippen LogP contribution in [0.4, 0.5) is 0 Å². The first-order chi connectivity index (χ1) is 9.31. The Morgan fingerprint density at radius 1 is 1.00 bits per heavy atom. The standard InChI is InChI=1S/C18H26O/c19-17(14-15-8-3-1-4-9-15)18(12-7-13-18)16-10-5-2-6-11-16/h2,5-6,10-11,15,17,19H,1,3-4,7-9,12-14H2. The summed E-state index contributed by atoms with van der Waals surface area (Å²) in [5.41, 5.74) is 1.45. The smallest absolute Gasteiger partial charge is 0.0639 e. The topological polar surface area (TPSA) is 20.2 Å². The highest BCUT2D eigenvalue weighted by Gasteiger charge is 2.45. The molecule has 2 aliphatic rings. The van der Waals surface area contributed by atoms with Crippen LogP contribution in [0, 0.1) is 5.92 Å². The molecule has 2 aliphatic carbocycles. The van der Waals surface area contributed by atoms with Crippen LogP contribution in [0.3, 0.4) is 0 Å². The molecule has 104 valence electrons. The predicted molar refractivity (Wildman–Crippen MR) is 79.2 cm³/mol. The zero-order chi connectivity index (χ0) is 13.1. The first kappa shape index (κ1) is 13.2. The van der Waals surface area contributed by atoms with Crippen molar-refractivity contribution in [2.45, 2.75) is 69.3 Å². The average Bonchev–Trinajstić information content (AvgIpc) is 2.40. The predicted octanol–water partition coefficient (Wildman–Crippen LogP) is 4.44. The number of hydrogen-bond donors (Lipinski definition) is 1. The molecule has 1 nitrogen and oxygen atoms in total. The van der Waals surface area contributed by atoms with E-state index in [1.807, 2.05) is 0 Å². The molecule has 19 heavy (non-hydrogen) atoms. The van der Waals surface area contributed by atoms with E-state index in [4.69, 9.17) is 0 Å². The molecule has 0 spiro atoms. The number of aliphatic hydroxyl groups excluding tert-OH is 1. The van der Waals surface area contributed by atoms with Gasteiger partial charge in [-0.3, -0.25) is 0 Å². The van der Waals surface area contributed by atoms with Crippen LogP contribution >= 0.6 is 0 Å². The van der Waals surface area contributed by atoms with E-state index in [0.29, 0.717) is 0 Å². The van der Waals surface area contributed by atoms with Gasteiger partial charge >= 0.3 is 0 Å². The largest absolute Gasteiger partial charge is 0.392 e. The minimum Gasteiger partial charge on any atom is -0.392 e. The van der Waals surface area contributed by atoms with Crippen molar-refractivity contribution in [1.29, 1.82) is 0 Å². The lowest BCUT2D eigenvalue weighted by Gasteiger charge is -2.47. The zero-order valence-corrected chi connectivity index (χ0v) is 11.9. The molecule has 1 atom stereocenters. The van der Waals surface area contributed by atoms with Crippen LogP contribution in [-0.2, 0) is 5.41 Å². The highest BCUT2D eigenvalue weighted by Crippen LogP contribution is 2.48. The molecule has 0 aliphatic heterocycles. The quantitative estimate of drug-likeness (QED) is 0.846. The molecule has 1 N–H and O–H groups in total. The molecule has 0 aromatic heterocycles. The summed E-state index contributed by atoms with van der Waals surface area (Å²) < 4.78 is 0. The van der Waals surface area contributed by atoms with Crippen molar-refractivity contribution in [1.82, 2.24) is 0 Å². The SMILES string of the molecule is OC(CC1CCCCC1)C1(c2ccccc2)CCC1.